The Kier molecular flexibility index (Phi) is 2.06. The predicted molar refractivity (Wildman–Crippen MR) is 38.8 cm³/mol. The number of nitrogens with zero attached hydrogens (tertiary/aromatic N) is 1. The van der Waals surface area contributed by atoms with Crippen LogP contribution in [0, 0.1) is 5.82 Å². The largest absolute Gasteiger partial charge is 0.371 e. The second-order valence-electron chi connectivity index (χ2n) is 1.73. The van der Waals surface area contributed by atoms with Gasteiger partial charge in [-0.05, 0) is 6.07 Å². The lowest BCUT2D eigenvalue weighted by atomic mass is 10.4. The first-order valence-corrected chi connectivity index (χ1v) is 3.10. The van der Waals surface area contributed by atoms with E-state index in [4.69, 9.17) is 11.6 Å². The first kappa shape index (κ1) is 7.28. The molecule has 0 saturated carbocycles. The molecule has 1 N–H and O–H groups in total. The van der Waals surface area contributed by atoms with E-state index >= 15 is 0 Å². The maximum atomic E-state index is 12.6. The second-order valence-corrected chi connectivity index (χ2v) is 2.17. The molecule has 0 unspecified atom stereocenters. The molecule has 0 bridgehead atoms. The van der Waals surface area contributed by atoms with E-state index in [9.17, 15) is 4.39 Å². The molecule has 0 atom stereocenters. The molecule has 1 aromatic rings. The SMILES string of the molecule is CNc1ncc(Cl)cc1F. The summed E-state index contributed by atoms with van der Waals surface area (Å²) in [4.78, 5) is 3.68. The zero-order valence-corrected chi connectivity index (χ0v) is 6.11. The second kappa shape index (κ2) is 2.84. The van der Waals surface area contributed by atoms with Crippen LogP contribution in [-0.2, 0) is 0 Å². The van der Waals surface area contributed by atoms with Gasteiger partial charge in [0.25, 0.3) is 0 Å². The van der Waals surface area contributed by atoms with Gasteiger partial charge < -0.3 is 5.32 Å². The Morgan fingerprint density at radius 1 is 1.70 bits per heavy atom. The number of pyridine rings is 1. The van der Waals surface area contributed by atoms with Crippen LogP contribution in [0.3, 0.4) is 0 Å². The van der Waals surface area contributed by atoms with E-state index in [2.05, 4.69) is 10.3 Å². The van der Waals surface area contributed by atoms with Crippen LogP contribution in [-0.4, -0.2) is 12.0 Å². The zero-order chi connectivity index (χ0) is 7.56. The molecule has 0 aliphatic carbocycles. The summed E-state index contributed by atoms with van der Waals surface area (Å²) in [5.41, 5.74) is 0. The minimum atomic E-state index is -0.435. The van der Waals surface area contributed by atoms with E-state index in [0.717, 1.165) is 0 Å². The third-order valence-electron chi connectivity index (χ3n) is 1.04. The molecule has 1 aromatic heterocycles. The van der Waals surface area contributed by atoms with Crippen LogP contribution in [0.25, 0.3) is 0 Å². The van der Waals surface area contributed by atoms with Crippen molar-refractivity contribution in [3.63, 3.8) is 0 Å². The average Bonchev–Trinajstić information content (AvgIpc) is 1.88. The summed E-state index contributed by atoms with van der Waals surface area (Å²) in [7, 11) is 1.60. The van der Waals surface area contributed by atoms with Crippen LogP contribution in [0.5, 0.6) is 0 Å². The lowest BCUT2D eigenvalue weighted by Crippen LogP contribution is -1.94. The number of aromatic nitrogens is 1. The van der Waals surface area contributed by atoms with E-state index in [0.29, 0.717) is 5.02 Å². The quantitative estimate of drug-likeness (QED) is 0.679. The van der Waals surface area contributed by atoms with Gasteiger partial charge >= 0.3 is 0 Å². The van der Waals surface area contributed by atoms with Gasteiger partial charge in [-0.1, -0.05) is 11.6 Å². The average molecular weight is 161 g/mol. The molecule has 1 heterocycles. The monoisotopic (exact) mass is 160 g/mol. The van der Waals surface area contributed by atoms with Gasteiger partial charge in [-0.25, -0.2) is 9.37 Å². The Morgan fingerprint density at radius 3 is 2.90 bits per heavy atom. The van der Waals surface area contributed by atoms with Crippen molar-refractivity contribution in [1.29, 1.82) is 0 Å². The lowest BCUT2D eigenvalue weighted by molar-refractivity contribution is 0.626. The topological polar surface area (TPSA) is 24.9 Å². The van der Waals surface area contributed by atoms with Crippen LogP contribution in [0.2, 0.25) is 5.02 Å². The zero-order valence-electron chi connectivity index (χ0n) is 5.36. The summed E-state index contributed by atoms with van der Waals surface area (Å²) in [6, 6.07) is 1.21. The van der Waals surface area contributed by atoms with E-state index in [1.54, 1.807) is 7.05 Å². The molecular formula is C6H6ClFN2. The number of rotatable bonds is 1. The number of halogens is 2. The van der Waals surface area contributed by atoms with Crippen molar-refractivity contribution in [3.8, 4) is 0 Å². The molecule has 0 saturated heterocycles. The third kappa shape index (κ3) is 1.36. The third-order valence-corrected chi connectivity index (χ3v) is 1.25. The van der Waals surface area contributed by atoms with E-state index < -0.39 is 5.82 Å². The molecular weight excluding hydrogens is 155 g/mol. The molecule has 4 heteroatoms. The lowest BCUT2D eigenvalue weighted by Gasteiger charge is -1.98. The molecule has 0 amide bonds. The van der Waals surface area contributed by atoms with Gasteiger partial charge in [0, 0.05) is 13.2 Å². The molecule has 2 nitrogen and oxygen atoms in total. The van der Waals surface area contributed by atoms with Gasteiger partial charge in [-0.2, -0.15) is 0 Å². The van der Waals surface area contributed by atoms with Gasteiger partial charge in [-0.15, -0.1) is 0 Å². The highest BCUT2D eigenvalue weighted by Gasteiger charge is 1.99. The van der Waals surface area contributed by atoms with Crippen molar-refractivity contribution in [2.75, 3.05) is 12.4 Å². The number of nitrogens with one attached hydrogen (secondary N) is 1. The summed E-state index contributed by atoms with van der Waals surface area (Å²) >= 11 is 5.44. The van der Waals surface area contributed by atoms with Gasteiger partial charge in [0.15, 0.2) is 11.6 Å². The highest BCUT2D eigenvalue weighted by Crippen LogP contribution is 2.14. The summed E-state index contributed by atoms with van der Waals surface area (Å²) < 4.78 is 12.6. The summed E-state index contributed by atoms with van der Waals surface area (Å²) in [5, 5.41) is 2.88. The molecule has 10 heavy (non-hydrogen) atoms. The minimum Gasteiger partial charge on any atom is -0.371 e. The maximum absolute atomic E-state index is 12.6. The highest BCUT2D eigenvalue weighted by molar-refractivity contribution is 6.30. The molecule has 0 aliphatic rings. The Morgan fingerprint density at radius 2 is 2.40 bits per heavy atom. The Balaban J connectivity index is 3.07. The summed E-state index contributed by atoms with van der Waals surface area (Å²) in [6.45, 7) is 0. The number of hydrogen-bond acceptors (Lipinski definition) is 2. The van der Waals surface area contributed by atoms with Crippen molar-refractivity contribution in [3.05, 3.63) is 23.1 Å². The van der Waals surface area contributed by atoms with Crippen LogP contribution in [0.4, 0.5) is 10.2 Å². The molecule has 54 valence electrons. The van der Waals surface area contributed by atoms with Crippen LogP contribution in [0.15, 0.2) is 12.3 Å². The molecule has 0 fully saturated rings. The number of hydrogen-bond donors (Lipinski definition) is 1. The normalized spacial score (nSPS) is 9.50. The van der Waals surface area contributed by atoms with Crippen LogP contribution in [0.1, 0.15) is 0 Å². The van der Waals surface area contributed by atoms with Crippen LogP contribution >= 0.6 is 11.6 Å². The van der Waals surface area contributed by atoms with Gasteiger partial charge in [0.1, 0.15) is 0 Å². The molecule has 0 spiro atoms. The van der Waals surface area contributed by atoms with Crippen LogP contribution < -0.4 is 5.32 Å². The first-order valence-electron chi connectivity index (χ1n) is 2.73. The van der Waals surface area contributed by atoms with Gasteiger partial charge in [0.05, 0.1) is 5.02 Å². The Hall–Kier alpha value is -0.830. The minimum absolute atomic E-state index is 0.212. The van der Waals surface area contributed by atoms with E-state index in [1.165, 1.54) is 12.3 Å². The van der Waals surface area contributed by atoms with Crippen molar-refractivity contribution in [1.82, 2.24) is 4.98 Å². The fraction of sp³-hybridized carbons (Fsp3) is 0.167. The standard InChI is InChI=1S/C6H6ClFN2/c1-9-6-5(8)2-4(7)3-10-6/h2-3H,1H3,(H,9,10). The van der Waals surface area contributed by atoms with Gasteiger partial charge in [0.2, 0.25) is 0 Å². The fourth-order valence-electron chi connectivity index (χ4n) is 0.599. The highest BCUT2D eigenvalue weighted by atomic mass is 35.5. The smallest absolute Gasteiger partial charge is 0.166 e. The van der Waals surface area contributed by atoms with E-state index in [-0.39, 0.29) is 5.82 Å². The summed E-state index contributed by atoms with van der Waals surface area (Å²) in [6.07, 6.45) is 1.39. The Labute approximate surface area is 63.0 Å². The van der Waals surface area contributed by atoms with Gasteiger partial charge in [-0.3, -0.25) is 0 Å². The molecule has 0 radical (unpaired) electrons. The number of anilines is 1. The Bertz CT molecular complexity index is 239. The van der Waals surface area contributed by atoms with Crippen molar-refractivity contribution >= 4 is 17.4 Å². The first-order chi connectivity index (χ1) is 4.74. The van der Waals surface area contributed by atoms with Crippen molar-refractivity contribution in [2.45, 2.75) is 0 Å². The molecule has 1 rings (SSSR count). The van der Waals surface area contributed by atoms with Crippen molar-refractivity contribution in [2.24, 2.45) is 0 Å². The fourth-order valence-corrected chi connectivity index (χ4v) is 0.743. The predicted octanol–water partition coefficient (Wildman–Crippen LogP) is 1.92. The van der Waals surface area contributed by atoms with Crippen molar-refractivity contribution < 1.29 is 4.39 Å². The maximum Gasteiger partial charge on any atom is 0.166 e. The van der Waals surface area contributed by atoms with E-state index in [1.807, 2.05) is 0 Å². The molecule has 0 aliphatic heterocycles. The summed E-state index contributed by atoms with van der Waals surface area (Å²) in [5.74, 6) is -0.223. The molecule has 0 aromatic carbocycles.